The number of hydrogen-bond donors (Lipinski definition) is 2. The normalized spacial score (nSPS) is 11.2. The second-order valence-electron chi connectivity index (χ2n) is 4.47. The monoisotopic (exact) mass is 310 g/mol. The van der Waals surface area contributed by atoms with Gasteiger partial charge in [0.15, 0.2) is 0 Å². The van der Waals surface area contributed by atoms with Crippen molar-refractivity contribution in [2.24, 2.45) is 0 Å². The minimum Gasteiger partial charge on any atom is -0.497 e. The van der Waals surface area contributed by atoms with Crippen molar-refractivity contribution in [3.05, 3.63) is 47.8 Å². The minimum atomic E-state index is -3.94. The van der Waals surface area contributed by atoms with E-state index in [4.69, 9.17) is 10.5 Å². The van der Waals surface area contributed by atoms with Gasteiger partial charge in [0.2, 0.25) is 0 Å². The van der Waals surface area contributed by atoms with Crippen LogP contribution in [-0.4, -0.2) is 15.5 Å². The zero-order valence-corrected chi connectivity index (χ0v) is 12.4. The predicted octanol–water partition coefficient (Wildman–Crippen LogP) is 2.53. The van der Waals surface area contributed by atoms with Gasteiger partial charge >= 0.3 is 0 Å². The van der Waals surface area contributed by atoms with Gasteiger partial charge in [-0.3, -0.25) is 4.72 Å². The first kappa shape index (κ1) is 15.1. The fourth-order valence-electron chi connectivity index (χ4n) is 1.81. The van der Waals surface area contributed by atoms with Crippen molar-refractivity contribution >= 4 is 21.4 Å². The van der Waals surface area contributed by atoms with E-state index in [0.717, 1.165) is 6.07 Å². The Labute approximate surface area is 122 Å². The lowest BCUT2D eigenvalue weighted by Gasteiger charge is -2.13. The third-order valence-corrected chi connectivity index (χ3v) is 4.45. The van der Waals surface area contributed by atoms with Crippen molar-refractivity contribution in [2.75, 3.05) is 17.6 Å². The molecule has 0 spiro atoms. The zero-order chi connectivity index (χ0) is 15.6. The number of benzene rings is 2. The first-order valence-electron chi connectivity index (χ1n) is 6.06. The van der Waals surface area contributed by atoms with Gasteiger partial charge in [-0.25, -0.2) is 12.8 Å². The fourth-order valence-corrected chi connectivity index (χ4v) is 3.15. The first-order chi connectivity index (χ1) is 9.83. The van der Waals surface area contributed by atoms with Crippen LogP contribution in [0.15, 0.2) is 41.3 Å². The summed E-state index contributed by atoms with van der Waals surface area (Å²) in [5.74, 6) is -0.169. The van der Waals surface area contributed by atoms with Gasteiger partial charge in [-0.05, 0) is 36.8 Å². The van der Waals surface area contributed by atoms with Crippen molar-refractivity contribution in [3.63, 3.8) is 0 Å². The number of anilines is 2. The SMILES string of the molecule is COc1ccc(N)c(NS(=O)(=O)c2cc(F)ccc2C)c1. The van der Waals surface area contributed by atoms with E-state index >= 15 is 0 Å². The highest BCUT2D eigenvalue weighted by Crippen LogP contribution is 2.27. The first-order valence-corrected chi connectivity index (χ1v) is 7.54. The van der Waals surface area contributed by atoms with E-state index in [9.17, 15) is 12.8 Å². The summed E-state index contributed by atoms with van der Waals surface area (Å²) in [7, 11) is -2.48. The summed E-state index contributed by atoms with van der Waals surface area (Å²) in [5, 5.41) is 0. The molecule has 0 aliphatic carbocycles. The Morgan fingerprint density at radius 2 is 1.90 bits per heavy atom. The Morgan fingerprint density at radius 1 is 1.19 bits per heavy atom. The summed E-state index contributed by atoms with van der Waals surface area (Å²) in [6.45, 7) is 1.59. The van der Waals surface area contributed by atoms with Crippen molar-refractivity contribution in [3.8, 4) is 5.75 Å². The van der Waals surface area contributed by atoms with Crippen LogP contribution in [0.4, 0.5) is 15.8 Å². The van der Waals surface area contributed by atoms with E-state index in [-0.39, 0.29) is 16.3 Å². The van der Waals surface area contributed by atoms with E-state index in [1.807, 2.05) is 0 Å². The molecule has 2 aromatic rings. The number of rotatable bonds is 4. The van der Waals surface area contributed by atoms with Gasteiger partial charge in [-0.2, -0.15) is 0 Å². The lowest BCUT2D eigenvalue weighted by molar-refractivity contribution is 0.415. The zero-order valence-electron chi connectivity index (χ0n) is 11.6. The number of nitrogens with two attached hydrogens (primary N) is 1. The van der Waals surface area contributed by atoms with Gasteiger partial charge in [-0.15, -0.1) is 0 Å². The maximum atomic E-state index is 13.3. The molecule has 2 rings (SSSR count). The fraction of sp³-hybridized carbons (Fsp3) is 0.143. The van der Waals surface area contributed by atoms with Gasteiger partial charge < -0.3 is 10.5 Å². The van der Waals surface area contributed by atoms with Crippen LogP contribution in [0.2, 0.25) is 0 Å². The van der Waals surface area contributed by atoms with E-state index in [2.05, 4.69) is 4.72 Å². The highest BCUT2D eigenvalue weighted by atomic mass is 32.2. The van der Waals surface area contributed by atoms with Crippen LogP contribution in [0.25, 0.3) is 0 Å². The van der Waals surface area contributed by atoms with Gasteiger partial charge in [0.05, 0.1) is 23.4 Å². The average Bonchev–Trinajstić information content (AvgIpc) is 2.43. The van der Waals surface area contributed by atoms with Gasteiger partial charge in [0, 0.05) is 6.07 Å². The smallest absolute Gasteiger partial charge is 0.262 e. The van der Waals surface area contributed by atoms with Crippen molar-refractivity contribution in [1.29, 1.82) is 0 Å². The standard InChI is InChI=1S/C14H15FN2O3S/c1-9-3-4-10(15)7-14(9)21(18,19)17-13-8-11(20-2)5-6-12(13)16/h3-8,17H,16H2,1-2H3. The molecule has 0 fully saturated rings. The summed E-state index contributed by atoms with van der Waals surface area (Å²) in [6.07, 6.45) is 0. The number of methoxy groups -OCH3 is 1. The molecule has 0 aliphatic heterocycles. The molecule has 0 unspecified atom stereocenters. The van der Waals surface area contributed by atoms with E-state index in [0.29, 0.717) is 11.3 Å². The Hall–Kier alpha value is -2.28. The Balaban J connectivity index is 2.44. The van der Waals surface area contributed by atoms with Gasteiger partial charge in [0.1, 0.15) is 11.6 Å². The third-order valence-electron chi connectivity index (χ3n) is 2.94. The summed E-state index contributed by atoms with van der Waals surface area (Å²) in [6, 6.07) is 8.17. The van der Waals surface area contributed by atoms with Crippen LogP contribution < -0.4 is 15.2 Å². The molecule has 112 valence electrons. The highest BCUT2D eigenvalue weighted by Gasteiger charge is 2.19. The number of halogens is 1. The summed E-state index contributed by atoms with van der Waals surface area (Å²) < 4.78 is 45.4. The quantitative estimate of drug-likeness (QED) is 0.850. The molecule has 2 aromatic carbocycles. The number of ether oxygens (including phenoxy) is 1. The molecule has 0 heterocycles. The number of nitrogen functional groups attached to an aromatic ring is 1. The van der Waals surface area contributed by atoms with E-state index in [1.165, 1.54) is 31.4 Å². The van der Waals surface area contributed by atoms with Crippen LogP contribution >= 0.6 is 0 Å². The molecule has 3 N–H and O–H groups in total. The Kier molecular flexibility index (Phi) is 4.04. The largest absolute Gasteiger partial charge is 0.497 e. The summed E-state index contributed by atoms with van der Waals surface area (Å²) >= 11 is 0. The van der Waals surface area contributed by atoms with Crippen molar-refractivity contribution in [2.45, 2.75) is 11.8 Å². The van der Waals surface area contributed by atoms with E-state index < -0.39 is 15.8 Å². The van der Waals surface area contributed by atoms with Crippen LogP contribution in [0.5, 0.6) is 5.75 Å². The molecule has 0 saturated heterocycles. The summed E-state index contributed by atoms with van der Waals surface area (Å²) in [5.41, 5.74) is 6.60. The molecule has 21 heavy (non-hydrogen) atoms. The highest BCUT2D eigenvalue weighted by molar-refractivity contribution is 7.92. The van der Waals surface area contributed by atoms with Crippen LogP contribution in [0, 0.1) is 12.7 Å². The molecular formula is C14H15FN2O3S. The average molecular weight is 310 g/mol. The van der Waals surface area contributed by atoms with Crippen molar-refractivity contribution in [1.82, 2.24) is 0 Å². The van der Waals surface area contributed by atoms with Gasteiger partial charge in [0.25, 0.3) is 10.0 Å². The third kappa shape index (κ3) is 3.25. The van der Waals surface area contributed by atoms with Crippen LogP contribution in [-0.2, 0) is 10.0 Å². The number of sulfonamides is 1. The Bertz CT molecular complexity index is 776. The van der Waals surface area contributed by atoms with Crippen LogP contribution in [0.3, 0.4) is 0 Å². The molecule has 0 saturated carbocycles. The number of nitrogens with one attached hydrogen (secondary N) is 1. The molecule has 0 amide bonds. The Morgan fingerprint density at radius 3 is 2.57 bits per heavy atom. The van der Waals surface area contributed by atoms with Crippen LogP contribution in [0.1, 0.15) is 5.56 Å². The van der Waals surface area contributed by atoms with E-state index in [1.54, 1.807) is 13.0 Å². The lowest BCUT2D eigenvalue weighted by atomic mass is 10.2. The molecular weight excluding hydrogens is 295 g/mol. The molecule has 7 heteroatoms. The molecule has 0 radical (unpaired) electrons. The summed E-state index contributed by atoms with van der Waals surface area (Å²) in [4.78, 5) is -0.135. The molecule has 0 atom stereocenters. The predicted molar refractivity (Wildman–Crippen MR) is 79.4 cm³/mol. The maximum Gasteiger partial charge on any atom is 0.262 e. The lowest BCUT2D eigenvalue weighted by Crippen LogP contribution is -2.15. The topological polar surface area (TPSA) is 81.4 Å². The molecule has 0 aromatic heterocycles. The molecule has 5 nitrogen and oxygen atoms in total. The maximum absolute atomic E-state index is 13.3. The number of aryl methyl sites for hydroxylation is 1. The second-order valence-corrected chi connectivity index (χ2v) is 6.12. The van der Waals surface area contributed by atoms with Gasteiger partial charge in [-0.1, -0.05) is 6.07 Å². The molecule has 0 bridgehead atoms. The number of hydrogen-bond acceptors (Lipinski definition) is 4. The molecule has 0 aliphatic rings. The minimum absolute atomic E-state index is 0.135. The van der Waals surface area contributed by atoms with Crippen molar-refractivity contribution < 1.29 is 17.5 Å². The second kappa shape index (κ2) is 5.61.